The molecule has 0 spiro atoms. The summed E-state index contributed by atoms with van der Waals surface area (Å²) >= 11 is 3.18. The lowest BCUT2D eigenvalue weighted by Gasteiger charge is -2.07. The minimum Gasteiger partial charge on any atom is -0.350 e. The zero-order valence-electron chi connectivity index (χ0n) is 10.5. The van der Waals surface area contributed by atoms with Crippen LogP contribution in [0.2, 0.25) is 0 Å². The van der Waals surface area contributed by atoms with Crippen LogP contribution in [0.1, 0.15) is 23.2 Å². The van der Waals surface area contributed by atoms with Gasteiger partial charge in [0.2, 0.25) is 0 Å². The third-order valence-corrected chi connectivity index (χ3v) is 4.28. The van der Waals surface area contributed by atoms with E-state index in [2.05, 4.69) is 21.2 Å². The van der Waals surface area contributed by atoms with Gasteiger partial charge in [0.25, 0.3) is 0 Å². The molecule has 1 atom stereocenters. The summed E-state index contributed by atoms with van der Waals surface area (Å²) in [6, 6.07) is 3.02. The normalized spacial score (nSPS) is 19.2. The molecule has 100 valence electrons. The highest BCUT2D eigenvalue weighted by atomic mass is 79.9. The molecule has 2 aromatic rings. The lowest BCUT2D eigenvalue weighted by Crippen LogP contribution is -2.30. The third-order valence-electron chi connectivity index (χ3n) is 3.67. The summed E-state index contributed by atoms with van der Waals surface area (Å²) < 4.78 is 16.0. The Morgan fingerprint density at radius 2 is 2.32 bits per heavy atom. The fourth-order valence-electron chi connectivity index (χ4n) is 2.67. The van der Waals surface area contributed by atoms with E-state index in [-0.39, 0.29) is 17.6 Å². The topological polar surface area (TPSA) is 34.0 Å². The average Bonchev–Trinajstić information content (AvgIpc) is 3.00. The number of nitrogens with zero attached hydrogens (tertiary/aromatic N) is 1. The molecule has 0 amide bonds. The van der Waals surface area contributed by atoms with Crippen LogP contribution in [0, 0.1) is 5.82 Å². The monoisotopic (exact) mass is 324 g/mol. The first-order chi connectivity index (χ1) is 9.08. The van der Waals surface area contributed by atoms with E-state index in [0.717, 1.165) is 24.9 Å². The predicted octanol–water partition coefficient (Wildman–Crippen LogP) is 3.01. The quantitative estimate of drug-likeness (QED) is 0.861. The molecule has 2 heterocycles. The number of aryl methyl sites for hydroxylation is 1. The molecular weight excluding hydrogens is 311 g/mol. The number of benzene rings is 1. The standard InChI is InChI=1S/C14H14BrFN2O/c1-18-7-9(14(19)12-3-2-4-17-12)8-5-11(16)10(15)6-13(8)18/h5-7,12,17H,2-4H2,1H3. The largest absolute Gasteiger partial charge is 0.350 e. The molecule has 0 saturated carbocycles. The predicted molar refractivity (Wildman–Crippen MR) is 75.9 cm³/mol. The molecule has 1 aliphatic rings. The number of aromatic nitrogens is 1. The zero-order valence-corrected chi connectivity index (χ0v) is 12.1. The van der Waals surface area contributed by atoms with Crippen LogP contribution in [0.15, 0.2) is 22.8 Å². The first-order valence-corrected chi connectivity index (χ1v) is 7.09. The summed E-state index contributed by atoms with van der Waals surface area (Å²) in [4.78, 5) is 12.5. The fraction of sp³-hybridized carbons (Fsp3) is 0.357. The Labute approximate surface area is 118 Å². The van der Waals surface area contributed by atoms with Crippen molar-refractivity contribution in [1.29, 1.82) is 0 Å². The molecular formula is C14H14BrFN2O. The Bertz CT molecular complexity index is 659. The van der Waals surface area contributed by atoms with Crippen molar-refractivity contribution in [3.63, 3.8) is 0 Å². The van der Waals surface area contributed by atoms with E-state index in [1.165, 1.54) is 6.07 Å². The second kappa shape index (κ2) is 4.72. The number of carbonyl (C=O) groups excluding carboxylic acids is 1. The van der Waals surface area contributed by atoms with Crippen LogP contribution in [-0.2, 0) is 7.05 Å². The molecule has 1 fully saturated rings. The van der Waals surface area contributed by atoms with Crippen LogP contribution >= 0.6 is 15.9 Å². The third kappa shape index (κ3) is 2.11. The molecule has 5 heteroatoms. The van der Waals surface area contributed by atoms with Gasteiger partial charge in [-0.25, -0.2) is 4.39 Å². The maximum atomic E-state index is 13.7. The first kappa shape index (κ1) is 12.8. The lowest BCUT2D eigenvalue weighted by molar-refractivity contribution is 0.0954. The molecule has 19 heavy (non-hydrogen) atoms. The van der Waals surface area contributed by atoms with Crippen molar-refractivity contribution >= 4 is 32.6 Å². The second-order valence-corrected chi connectivity index (χ2v) is 5.80. The van der Waals surface area contributed by atoms with Gasteiger partial charge in [-0.15, -0.1) is 0 Å². The Kier molecular flexibility index (Phi) is 3.19. The Morgan fingerprint density at radius 3 is 3.00 bits per heavy atom. The number of carbonyl (C=O) groups is 1. The summed E-state index contributed by atoms with van der Waals surface area (Å²) in [7, 11) is 1.87. The van der Waals surface area contributed by atoms with Crippen molar-refractivity contribution in [3.8, 4) is 0 Å². The molecule has 1 aromatic heterocycles. The van der Waals surface area contributed by atoms with Crippen molar-refractivity contribution in [2.45, 2.75) is 18.9 Å². The Hall–Kier alpha value is -1.20. The van der Waals surface area contributed by atoms with Crippen LogP contribution < -0.4 is 5.32 Å². The van der Waals surface area contributed by atoms with Crippen LogP contribution in [0.4, 0.5) is 4.39 Å². The van der Waals surface area contributed by atoms with Crippen LogP contribution in [0.25, 0.3) is 10.9 Å². The minimum atomic E-state index is -0.341. The van der Waals surface area contributed by atoms with Crippen molar-refractivity contribution in [2.75, 3.05) is 6.54 Å². The molecule has 1 N–H and O–H groups in total. The summed E-state index contributed by atoms with van der Waals surface area (Å²) in [6.07, 6.45) is 3.66. The second-order valence-electron chi connectivity index (χ2n) is 4.95. The number of hydrogen-bond acceptors (Lipinski definition) is 2. The van der Waals surface area contributed by atoms with Gasteiger partial charge in [-0.05, 0) is 47.4 Å². The van der Waals surface area contributed by atoms with Gasteiger partial charge in [0.1, 0.15) is 5.82 Å². The number of fused-ring (bicyclic) bond motifs is 1. The minimum absolute atomic E-state index is 0.0600. The zero-order chi connectivity index (χ0) is 13.6. The number of nitrogens with one attached hydrogen (secondary N) is 1. The molecule has 0 bridgehead atoms. The maximum Gasteiger partial charge on any atom is 0.181 e. The average molecular weight is 325 g/mol. The van der Waals surface area contributed by atoms with Gasteiger partial charge >= 0.3 is 0 Å². The van der Waals surface area contributed by atoms with E-state index in [1.54, 1.807) is 12.3 Å². The number of halogens is 2. The van der Waals surface area contributed by atoms with Crippen molar-refractivity contribution in [2.24, 2.45) is 7.05 Å². The maximum absolute atomic E-state index is 13.7. The van der Waals surface area contributed by atoms with Crippen LogP contribution in [-0.4, -0.2) is 22.9 Å². The molecule has 1 aliphatic heterocycles. The van der Waals surface area contributed by atoms with E-state index in [0.29, 0.717) is 15.4 Å². The lowest BCUT2D eigenvalue weighted by atomic mass is 10.0. The number of rotatable bonds is 2. The molecule has 1 unspecified atom stereocenters. The smallest absolute Gasteiger partial charge is 0.181 e. The molecule has 1 saturated heterocycles. The van der Waals surface area contributed by atoms with Crippen molar-refractivity contribution in [3.05, 3.63) is 34.2 Å². The van der Waals surface area contributed by atoms with Gasteiger partial charge in [0.15, 0.2) is 5.78 Å². The summed E-state index contributed by atoms with van der Waals surface area (Å²) in [5.74, 6) is -0.281. The summed E-state index contributed by atoms with van der Waals surface area (Å²) in [6.45, 7) is 0.876. The molecule has 1 aromatic carbocycles. The van der Waals surface area contributed by atoms with Crippen LogP contribution in [0.3, 0.4) is 0 Å². The highest BCUT2D eigenvalue weighted by Gasteiger charge is 2.26. The molecule has 3 rings (SSSR count). The number of Topliss-reactive ketones (excluding diaryl/α,β-unsaturated/α-hetero) is 1. The fourth-order valence-corrected chi connectivity index (χ4v) is 3.00. The van der Waals surface area contributed by atoms with Gasteiger partial charge in [-0.2, -0.15) is 0 Å². The van der Waals surface area contributed by atoms with E-state index in [9.17, 15) is 9.18 Å². The number of hydrogen-bond donors (Lipinski definition) is 1. The van der Waals surface area contributed by atoms with Gasteiger partial charge in [-0.3, -0.25) is 4.79 Å². The van der Waals surface area contributed by atoms with E-state index in [1.807, 2.05) is 11.6 Å². The number of ketones is 1. The first-order valence-electron chi connectivity index (χ1n) is 6.29. The van der Waals surface area contributed by atoms with Gasteiger partial charge in [0, 0.05) is 29.7 Å². The van der Waals surface area contributed by atoms with Crippen LogP contribution in [0.5, 0.6) is 0 Å². The molecule has 3 nitrogen and oxygen atoms in total. The Morgan fingerprint density at radius 1 is 1.53 bits per heavy atom. The summed E-state index contributed by atoms with van der Waals surface area (Å²) in [5, 5.41) is 3.88. The van der Waals surface area contributed by atoms with Crippen molar-refractivity contribution < 1.29 is 9.18 Å². The Balaban J connectivity index is 2.13. The van der Waals surface area contributed by atoms with E-state index >= 15 is 0 Å². The SMILES string of the molecule is Cn1cc(C(=O)C2CCCN2)c2cc(F)c(Br)cc21. The van der Waals surface area contributed by atoms with Gasteiger partial charge < -0.3 is 9.88 Å². The van der Waals surface area contributed by atoms with E-state index < -0.39 is 0 Å². The summed E-state index contributed by atoms with van der Waals surface area (Å²) in [5.41, 5.74) is 1.46. The van der Waals surface area contributed by atoms with E-state index in [4.69, 9.17) is 0 Å². The van der Waals surface area contributed by atoms with Gasteiger partial charge in [0.05, 0.1) is 10.5 Å². The molecule has 0 radical (unpaired) electrons. The van der Waals surface area contributed by atoms with Gasteiger partial charge in [-0.1, -0.05) is 0 Å². The van der Waals surface area contributed by atoms with Crippen molar-refractivity contribution in [1.82, 2.24) is 9.88 Å². The molecule has 0 aliphatic carbocycles. The highest BCUT2D eigenvalue weighted by molar-refractivity contribution is 9.10. The highest BCUT2D eigenvalue weighted by Crippen LogP contribution is 2.28.